The third-order valence-corrected chi connectivity index (χ3v) is 2.68. The lowest BCUT2D eigenvalue weighted by Gasteiger charge is -2.12. The van der Waals surface area contributed by atoms with E-state index in [2.05, 4.69) is 5.32 Å². The molecule has 0 saturated carbocycles. The van der Waals surface area contributed by atoms with Crippen molar-refractivity contribution in [3.8, 4) is 5.75 Å². The van der Waals surface area contributed by atoms with Crippen molar-refractivity contribution in [2.45, 2.75) is 20.4 Å². The maximum atomic E-state index is 9.80. The lowest BCUT2D eigenvalue weighted by molar-refractivity contribution is 0.233. The molecule has 1 atom stereocenters. The molecule has 0 aliphatic carbocycles. The van der Waals surface area contributed by atoms with Crippen LogP contribution in [0, 0.1) is 12.8 Å². The van der Waals surface area contributed by atoms with Crippen molar-refractivity contribution in [3.63, 3.8) is 0 Å². The van der Waals surface area contributed by atoms with Crippen LogP contribution in [0.1, 0.15) is 18.1 Å². The van der Waals surface area contributed by atoms with E-state index in [0.717, 1.165) is 11.1 Å². The van der Waals surface area contributed by atoms with E-state index in [0.29, 0.717) is 18.1 Å². The largest absolute Gasteiger partial charge is 0.507 e. The Balaban J connectivity index is 2.60. The third kappa shape index (κ3) is 3.67. The number of aliphatic hydroxyl groups is 1. The second-order valence-corrected chi connectivity index (χ2v) is 4.59. The van der Waals surface area contributed by atoms with Gasteiger partial charge in [-0.1, -0.05) is 18.5 Å². The standard InChI is InChI=1S/C12H18ClNO2/c1-8(7-15)5-14-6-10-4-11(13)3-9(2)12(10)16/h3-4,8,14-16H,5-7H2,1-2H3. The molecule has 0 amide bonds. The van der Waals surface area contributed by atoms with E-state index in [9.17, 15) is 5.11 Å². The summed E-state index contributed by atoms with van der Waals surface area (Å²) in [4.78, 5) is 0. The molecule has 0 heterocycles. The summed E-state index contributed by atoms with van der Waals surface area (Å²) >= 11 is 5.91. The first-order valence-corrected chi connectivity index (χ1v) is 5.72. The van der Waals surface area contributed by atoms with E-state index >= 15 is 0 Å². The van der Waals surface area contributed by atoms with E-state index in [1.165, 1.54) is 0 Å². The Bertz CT molecular complexity index is 355. The van der Waals surface area contributed by atoms with Gasteiger partial charge >= 0.3 is 0 Å². The summed E-state index contributed by atoms with van der Waals surface area (Å²) in [7, 11) is 0. The molecule has 0 radical (unpaired) electrons. The van der Waals surface area contributed by atoms with Crippen LogP contribution in [0.25, 0.3) is 0 Å². The minimum Gasteiger partial charge on any atom is -0.507 e. The Hall–Kier alpha value is -0.770. The first kappa shape index (κ1) is 13.3. The Morgan fingerprint density at radius 1 is 1.44 bits per heavy atom. The fraction of sp³-hybridized carbons (Fsp3) is 0.500. The average molecular weight is 244 g/mol. The molecule has 0 aliphatic heterocycles. The topological polar surface area (TPSA) is 52.5 Å². The van der Waals surface area contributed by atoms with Crippen LogP contribution in [0.5, 0.6) is 5.75 Å². The van der Waals surface area contributed by atoms with Gasteiger partial charge in [0.15, 0.2) is 0 Å². The highest BCUT2D eigenvalue weighted by molar-refractivity contribution is 6.30. The molecule has 90 valence electrons. The number of rotatable bonds is 5. The van der Waals surface area contributed by atoms with Gasteiger partial charge in [0, 0.05) is 30.3 Å². The fourth-order valence-electron chi connectivity index (χ4n) is 1.46. The van der Waals surface area contributed by atoms with Gasteiger partial charge < -0.3 is 15.5 Å². The summed E-state index contributed by atoms with van der Waals surface area (Å²) in [5.41, 5.74) is 1.56. The monoisotopic (exact) mass is 243 g/mol. The number of aromatic hydroxyl groups is 1. The normalized spacial score (nSPS) is 12.8. The van der Waals surface area contributed by atoms with Crippen LogP contribution in [0.2, 0.25) is 5.02 Å². The predicted molar refractivity (Wildman–Crippen MR) is 65.8 cm³/mol. The van der Waals surface area contributed by atoms with Crippen molar-refractivity contribution in [2.75, 3.05) is 13.2 Å². The van der Waals surface area contributed by atoms with Gasteiger partial charge in [0.2, 0.25) is 0 Å². The first-order valence-electron chi connectivity index (χ1n) is 5.34. The molecule has 1 rings (SSSR count). The highest BCUT2D eigenvalue weighted by atomic mass is 35.5. The van der Waals surface area contributed by atoms with E-state index in [4.69, 9.17) is 16.7 Å². The third-order valence-electron chi connectivity index (χ3n) is 2.46. The van der Waals surface area contributed by atoms with Crippen LogP contribution in [0.3, 0.4) is 0 Å². The van der Waals surface area contributed by atoms with Crippen LogP contribution in [0.4, 0.5) is 0 Å². The highest BCUT2D eigenvalue weighted by Gasteiger charge is 2.06. The van der Waals surface area contributed by atoms with Gasteiger partial charge in [-0.25, -0.2) is 0 Å². The summed E-state index contributed by atoms with van der Waals surface area (Å²) in [5, 5.41) is 22.5. The quantitative estimate of drug-likeness (QED) is 0.742. The fourth-order valence-corrected chi connectivity index (χ4v) is 1.75. The zero-order valence-corrected chi connectivity index (χ0v) is 10.4. The van der Waals surface area contributed by atoms with Gasteiger partial charge in [-0.15, -0.1) is 0 Å². The number of phenolic OH excluding ortho intramolecular Hbond substituents is 1. The van der Waals surface area contributed by atoms with Crippen LogP contribution in [-0.4, -0.2) is 23.4 Å². The molecule has 0 saturated heterocycles. The number of benzene rings is 1. The molecule has 0 aromatic heterocycles. The van der Waals surface area contributed by atoms with Crippen molar-refractivity contribution < 1.29 is 10.2 Å². The Morgan fingerprint density at radius 2 is 2.12 bits per heavy atom. The lowest BCUT2D eigenvalue weighted by atomic mass is 10.1. The second-order valence-electron chi connectivity index (χ2n) is 4.15. The molecule has 4 heteroatoms. The van der Waals surface area contributed by atoms with Crippen LogP contribution < -0.4 is 5.32 Å². The molecular formula is C12H18ClNO2. The van der Waals surface area contributed by atoms with Crippen molar-refractivity contribution in [3.05, 3.63) is 28.3 Å². The molecule has 1 aromatic carbocycles. The number of nitrogens with one attached hydrogen (secondary N) is 1. The molecule has 0 aliphatic rings. The van der Waals surface area contributed by atoms with Gasteiger partial charge in [-0.3, -0.25) is 0 Å². The van der Waals surface area contributed by atoms with Gasteiger partial charge in [0.25, 0.3) is 0 Å². The SMILES string of the molecule is Cc1cc(Cl)cc(CNCC(C)CO)c1O. The summed E-state index contributed by atoms with van der Waals surface area (Å²) < 4.78 is 0. The summed E-state index contributed by atoms with van der Waals surface area (Å²) in [6, 6.07) is 3.48. The van der Waals surface area contributed by atoms with E-state index < -0.39 is 0 Å². The number of aryl methyl sites for hydroxylation is 1. The molecule has 0 bridgehead atoms. The average Bonchev–Trinajstić information content (AvgIpc) is 2.24. The van der Waals surface area contributed by atoms with Gasteiger partial charge in [0.1, 0.15) is 5.75 Å². The minimum atomic E-state index is 0.160. The molecule has 1 aromatic rings. The molecule has 1 unspecified atom stereocenters. The van der Waals surface area contributed by atoms with Crippen molar-refractivity contribution in [1.82, 2.24) is 5.32 Å². The lowest BCUT2D eigenvalue weighted by Crippen LogP contribution is -2.22. The maximum absolute atomic E-state index is 9.80. The first-order chi connectivity index (χ1) is 7.54. The van der Waals surface area contributed by atoms with Crippen molar-refractivity contribution in [1.29, 1.82) is 0 Å². The highest BCUT2D eigenvalue weighted by Crippen LogP contribution is 2.26. The number of hydrogen-bond acceptors (Lipinski definition) is 3. The smallest absolute Gasteiger partial charge is 0.123 e. The number of aliphatic hydroxyl groups excluding tert-OH is 1. The summed E-state index contributed by atoms with van der Waals surface area (Å²) in [5.74, 6) is 0.496. The Labute approximate surface area is 101 Å². The number of hydrogen-bond donors (Lipinski definition) is 3. The van der Waals surface area contributed by atoms with Crippen LogP contribution >= 0.6 is 11.6 Å². The van der Waals surface area contributed by atoms with Gasteiger partial charge in [0.05, 0.1) is 0 Å². The summed E-state index contributed by atoms with van der Waals surface area (Å²) in [6.45, 7) is 5.20. The zero-order chi connectivity index (χ0) is 12.1. The summed E-state index contributed by atoms with van der Waals surface area (Å²) in [6.07, 6.45) is 0. The molecule has 3 N–H and O–H groups in total. The second kappa shape index (κ2) is 6.09. The van der Waals surface area contributed by atoms with E-state index in [-0.39, 0.29) is 18.3 Å². The van der Waals surface area contributed by atoms with Crippen LogP contribution in [-0.2, 0) is 6.54 Å². The number of halogens is 1. The Morgan fingerprint density at radius 3 is 2.75 bits per heavy atom. The minimum absolute atomic E-state index is 0.160. The predicted octanol–water partition coefficient (Wildman–Crippen LogP) is 2.07. The maximum Gasteiger partial charge on any atom is 0.123 e. The molecular weight excluding hydrogens is 226 g/mol. The number of phenols is 1. The molecule has 3 nitrogen and oxygen atoms in total. The van der Waals surface area contributed by atoms with Crippen molar-refractivity contribution in [2.24, 2.45) is 5.92 Å². The van der Waals surface area contributed by atoms with Crippen molar-refractivity contribution >= 4 is 11.6 Å². The van der Waals surface area contributed by atoms with E-state index in [1.807, 2.05) is 13.8 Å². The van der Waals surface area contributed by atoms with Gasteiger partial charge in [-0.2, -0.15) is 0 Å². The molecule has 0 spiro atoms. The van der Waals surface area contributed by atoms with Crippen LogP contribution in [0.15, 0.2) is 12.1 Å². The van der Waals surface area contributed by atoms with Gasteiger partial charge in [-0.05, 0) is 30.5 Å². The Kier molecular flexibility index (Phi) is 5.06. The molecule has 0 fully saturated rings. The zero-order valence-electron chi connectivity index (χ0n) is 9.63. The molecule has 16 heavy (non-hydrogen) atoms. The van der Waals surface area contributed by atoms with E-state index in [1.54, 1.807) is 12.1 Å².